The van der Waals surface area contributed by atoms with Gasteiger partial charge >= 0.3 is 0 Å². The molecule has 0 radical (unpaired) electrons. The number of carbonyl (C=O) groups excluding carboxylic acids is 1. The predicted molar refractivity (Wildman–Crippen MR) is 105 cm³/mol. The van der Waals surface area contributed by atoms with Crippen LogP contribution in [0.4, 0.5) is 4.39 Å². The number of rotatable bonds is 10. The maximum Gasteiger partial charge on any atom is 0.232 e. The largest absolute Gasteiger partial charge is 0.497 e. The Kier molecular flexibility index (Phi) is 8.26. The van der Waals surface area contributed by atoms with E-state index in [1.54, 1.807) is 31.2 Å². The summed E-state index contributed by atoms with van der Waals surface area (Å²) in [6.07, 6.45) is 0. The van der Waals surface area contributed by atoms with Crippen LogP contribution in [0.2, 0.25) is 0 Å². The quantitative estimate of drug-likeness (QED) is 0.577. The molecule has 0 saturated carbocycles. The molecule has 0 heterocycles. The summed E-state index contributed by atoms with van der Waals surface area (Å²) >= 11 is 1.50. The number of hydrogen-bond acceptors (Lipinski definition) is 5. The van der Waals surface area contributed by atoms with Gasteiger partial charge in [-0.2, -0.15) is 0 Å². The van der Waals surface area contributed by atoms with Crippen LogP contribution in [0.15, 0.2) is 42.5 Å². The first-order valence-electron chi connectivity index (χ1n) is 8.44. The molecular formula is C20H24FNO4S. The number of thioether (sulfide) groups is 1. The van der Waals surface area contributed by atoms with Gasteiger partial charge in [0.25, 0.3) is 0 Å². The highest BCUT2D eigenvalue weighted by molar-refractivity contribution is 7.99. The average Bonchev–Trinajstić information content (AvgIpc) is 2.68. The lowest BCUT2D eigenvalue weighted by Gasteiger charge is -2.17. The number of amides is 1. The van der Waals surface area contributed by atoms with Gasteiger partial charge in [-0.05, 0) is 42.0 Å². The third-order valence-corrected chi connectivity index (χ3v) is 4.75. The molecule has 0 N–H and O–H groups in total. The Balaban J connectivity index is 1.67. The number of benzene rings is 2. The van der Waals surface area contributed by atoms with Crippen molar-refractivity contribution >= 4 is 17.7 Å². The van der Waals surface area contributed by atoms with E-state index in [0.29, 0.717) is 24.7 Å². The van der Waals surface area contributed by atoms with Crippen LogP contribution in [0.25, 0.3) is 0 Å². The van der Waals surface area contributed by atoms with Crippen molar-refractivity contribution in [1.29, 1.82) is 0 Å². The number of nitrogens with zero attached hydrogens (tertiary/aromatic N) is 1. The van der Waals surface area contributed by atoms with Crippen molar-refractivity contribution in [2.45, 2.75) is 6.54 Å². The summed E-state index contributed by atoms with van der Waals surface area (Å²) in [5.41, 5.74) is 0.719. The summed E-state index contributed by atoms with van der Waals surface area (Å²) in [5.74, 6) is 2.34. The van der Waals surface area contributed by atoms with Crippen LogP contribution in [-0.4, -0.2) is 50.2 Å². The van der Waals surface area contributed by atoms with Gasteiger partial charge in [-0.3, -0.25) is 4.79 Å². The Morgan fingerprint density at radius 2 is 1.78 bits per heavy atom. The molecule has 2 aromatic rings. The number of carbonyl (C=O) groups is 1. The predicted octanol–water partition coefficient (Wildman–Crippen LogP) is 3.61. The molecular weight excluding hydrogens is 369 g/mol. The first-order valence-corrected chi connectivity index (χ1v) is 9.60. The lowest BCUT2D eigenvalue weighted by atomic mass is 10.2. The summed E-state index contributed by atoms with van der Waals surface area (Å²) < 4.78 is 29.3. The monoisotopic (exact) mass is 393 g/mol. The van der Waals surface area contributed by atoms with Crippen molar-refractivity contribution in [2.75, 3.05) is 39.4 Å². The zero-order valence-electron chi connectivity index (χ0n) is 15.7. The fraction of sp³-hybridized carbons (Fsp3) is 0.350. The van der Waals surface area contributed by atoms with E-state index in [0.717, 1.165) is 17.1 Å². The third-order valence-electron chi connectivity index (χ3n) is 3.84. The van der Waals surface area contributed by atoms with E-state index in [2.05, 4.69) is 0 Å². The van der Waals surface area contributed by atoms with Crippen LogP contribution < -0.4 is 14.2 Å². The van der Waals surface area contributed by atoms with Crippen molar-refractivity contribution in [1.82, 2.24) is 4.90 Å². The highest BCUT2D eigenvalue weighted by atomic mass is 32.2. The first-order chi connectivity index (χ1) is 13.0. The van der Waals surface area contributed by atoms with Crippen LogP contribution in [0.3, 0.4) is 0 Å². The highest BCUT2D eigenvalue weighted by Crippen LogP contribution is 2.19. The van der Waals surface area contributed by atoms with E-state index in [9.17, 15) is 9.18 Å². The lowest BCUT2D eigenvalue weighted by Crippen LogP contribution is -2.28. The van der Waals surface area contributed by atoms with Crippen LogP contribution >= 0.6 is 11.8 Å². The minimum atomic E-state index is -0.430. The van der Waals surface area contributed by atoms with Crippen molar-refractivity contribution < 1.29 is 23.4 Å². The molecule has 5 nitrogen and oxygen atoms in total. The van der Waals surface area contributed by atoms with Gasteiger partial charge in [-0.1, -0.05) is 6.07 Å². The molecule has 0 aliphatic heterocycles. The Labute approximate surface area is 163 Å². The maximum atomic E-state index is 13.7. The molecule has 7 heteroatoms. The molecule has 2 rings (SSSR count). The average molecular weight is 393 g/mol. The van der Waals surface area contributed by atoms with Gasteiger partial charge in [0, 0.05) is 19.3 Å². The van der Waals surface area contributed by atoms with Gasteiger partial charge in [0.2, 0.25) is 5.91 Å². The number of methoxy groups -OCH3 is 2. The zero-order chi connectivity index (χ0) is 19.6. The van der Waals surface area contributed by atoms with E-state index >= 15 is 0 Å². The summed E-state index contributed by atoms with van der Waals surface area (Å²) in [5, 5.41) is 0. The fourth-order valence-electron chi connectivity index (χ4n) is 2.33. The molecule has 0 aliphatic rings. The summed E-state index contributed by atoms with van der Waals surface area (Å²) in [7, 11) is 4.74. The minimum Gasteiger partial charge on any atom is -0.497 e. The van der Waals surface area contributed by atoms with Gasteiger partial charge < -0.3 is 19.1 Å². The molecule has 0 saturated heterocycles. The summed E-state index contributed by atoms with van der Waals surface area (Å²) in [6.45, 7) is 0.861. The minimum absolute atomic E-state index is 0.0133. The van der Waals surface area contributed by atoms with Gasteiger partial charge in [0.15, 0.2) is 11.6 Å². The van der Waals surface area contributed by atoms with Gasteiger partial charge in [0.05, 0.1) is 26.6 Å². The van der Waals surface area contributed by atoms with Gasteiger partial charge in [-0.15, -0.1) is 11.8 Å². The Morgan fingerprint density at radius 1 is 1.07 bits per heavy atom. The SMILES string of the molecule is COc1ccc(OCCSCC(=O)N(C)Cc2ccc(OC)c(F)c2)cc1. The van der Waals surface area contributed by atoms with Crippen LogP contribution in [0.5, 0.6) is 17.2 Å². The summed E-state index contributed by atoms with van der Waals surface area (Å²) in [6, 6.07) is 12.1. The molecule has 0 fully saturated rings. The van der Waals surface area contributed by atoms with E-state index in [-0.39, 0.29) is 11.7 Å². The van der Waals surface area contributed by atoms with E-state index < -0.39 is 5.82 Å². The van der Waals surface area contributed by atoms with Gasteiger partial charge in [0.1, 0.15) is 11.5 Å². The number of halogens is 1. The van der Waals surface area contributed by atoms with E-state index in [1.165, 1.54) is 24.9 Å². The molecule has 0 atom stereocenters. The second kappa shape index (κ2) is 10.7. The number of ether oxygens (including phenoxy) is 3. The van der Waals surface area contributed by atoms with E-state index in [1.807, 2.05) is 24.3 Å². The Morgan fingerprint density at radius 3 is 2.41 bits per heavy atom. The second-order valence-electron chi connectivity index (χ2n) is 5.80. The lowest BCUT2D eigenvalue weighted by molar-refractivity contribution is -0.127. The normalized spacial score (nSPS) is 10.4. The van der Waals surface area contributed by atoms with E-state index in [4.69, 9.17) is 14.2 Å². The number of hydrogen-bond donors (Lipinski definition) is 0. The molecule has 27 heavy (non-hydrogen) atoms. The molecule has 1 amide bonds. The van der Waals surface area contributed by atoms with Crippen LogP contribution in [0.1, 0.15) is 5.56 Å². The molecule has 146 valence electrons. The molecule has 2 aromatic carbocycles. The van der Waals surface area contributed by atoms with Crippen molar-refractivity contribution in [3.05, 3.63) is 53.8 Å². The molecule has 0 bridgehead atoms. The topological polar surface area (TPSA) is 48.0 Å². The fourth-order valence-corrected chi connectivity index (χ4v) is 3.07. The summed E-state index contributed by atoms with van der Waals surface area (Å²) in [4.78, 5) is 13.8. The van der Waals surface area contributed by atoms with Crippen molar-refractivity contribution in [2.24, 2.45) is 0 Å². The third kappa shape index (κ3) is 6.67. The van der Waals surface area contributed by atoms with Crippen molar-refractivity contribution in [3.8, 4) is 17.2 Å². The van der Waals surface area contributed by atoms with Gasteiger partial charge in [-0.25, -0.2) is 4.39 Å². The highest BCUT2D eigenvalue weighted by Gasteiger charge is 2.11. The van der Waals surface area contributed by atoms with Crippen LogP contribution in [-0.2, 0) is 11.3 Å². The zero-order valence-corrected chi connectivity index (χ0v) is 16.6. The van der Waals surface area contributed by atoms with Crippen LogP contribution in [0, 0.1) is 5.82 Å². The molecule has 0 spiro atoms. The standard InChI is InChI=1S/C20H24FNO4S/c1-22(13-15-4-9-19(25-3)18(21)12-15)20(23)14-27-11-10-26-17-7-5-16(24-2)6-8-17/h4-9,12H,10-11,13-14H2,1-3H3. The van der Waals surface area contributed by atoms with Crippen molar-refractivity contribution in [3.63, 3.8) is 0 Å². The molecule has 0 aromatic heterocycles. The smallest absolute Gasteiger partial charge is 0.232 e. The molecule has 0 aliphatic carbocycles. The Bertz CT molecular complexity index is 739. The second-order valence-corrected chi connectivity index (χ2v) is 6.90. The maximum absolute atomic E-state index is 13.7. The first kappa shape index (κ1) is 20.9. The molecule has 0 unspecified atom stereocenters. The Hall–Kier alpha value is -2.41.